The van der Waals surface area contributed by atoms with Gasteiger partial charge in [-0.3, -0.25) is 0 Å². The first-order chi connectivity index (χ1) is 5.77. The van der Waals surface area contributed by atoms with E-state index in [1.165, 1.54) is 22.6 Å². The zero-order valence-electron chi connectivity index (χ0n) is 7.17. The first-order valence-corrected chi connectivity index (χ1v) is 4.97. The number of hydrogen-bond donors (Lipinski definition) is 1. The Hall–Kier alpha value is -0.380. The van der Waals surface area contributed by atoms with Gasteiger partial charge in [0.15, 0.2) is 0 Å². The molecule has 1 aromatic rings. The summed E-state index contributed by atoms with van der Waals surface area (Å²) >= 11 is 1.86. The van der Waals surface area contributed by atoms with Crippen LogP contribution in [0, 0.1) is 6.92 Å². The number of rotatable bonds is 3. The Morgan fingerprint density at radius 1 is 1.58 bits per heavy atom. The SMILES string of the molecule is Cc1ccc(C2(CON)CC2)s1. The molecule has 0 aliphatic heterocycles. The van der Waals surface area contributed by atoms with Gasteiger partial charge in [-0.1, -0.05) is 0 Å². The highest BCUT2D eigenvalue weighted by Crippen LogP contribution is 2.50. The van der Waals surface area contributed by atoms with E-state index in [-0.39, 0.29) is 5.41 Å². The first-order valence-electron chi connectivity index (χ1n) is 4.15. The first kappa shape index (κ1) is 8.23. The Balaban J connectivity index is 2.18. The molecule has 2 nitrogen and oxygen atoms in total. The van der Waals surface area contributed by atoms with Gasteiger partial charge < -0.3 is 4.84 Å². The summed E-state index contributed by atoms with van der Waals surface area (Å²) in [6.45, 7) is 2.81. The van der Waals surface area contributed by atoms with Crippen LogP contribution in [0.2, 0.25) is 0 Å². The Labute approximate surface area is 76.3 Å². The van der Waals surface area contributed by atoms with Gasteiger partial charge in [-0.05, 0) is 31.9 Å². The molecule has 0 bridgehead atoms. The molecule has 1 aliphatic carbocycles. The molecule has 1 aliphatic rings. The molecule has 66 valence electrons. The van der Waals surface area contributed by atoms with E-state index in [0.717, 1.165) is 0 Å². The van der Waals surface area contributed by atoms with Crippen LogP contribution in [0.15, 0.2) is 12.1 Å². The molecule has 2 N–H and O–H groups in total. The van der Waals surface area contributed by atoms with Gasteiger partial charge in [-0.2, -0.15) is 0 Å². The lowest BCUT2D eigenvalue weighted by Gasteiger charge is -2.09. The van der Waals surface area contributed by atoms with Gasteiger partial charge in [0.1, 0.15) is 0 Å². The topological polar surface area (TPSA) is 35.2 Å². The van der Waals surface area contributed by atoms with E-state index in [1.54, 1.807) is 0 Å². The molecule has 2 rings (SSSR count). The third-order valence-electron chi connectivity index (χ3n) is 2.48. The lowest BCUT2D eigenvalue weighted by molar-refractivity contribution is 0.117. The van der Waals surface area contributed by atoms with Crippen LogP contribution in [0.3, 0.4) is 0 Å². The molecule has 1 fully saturated rings. The Bertz CT molecular complexity index is 278. The molecule has 1 heterocycles. The summed E-state index contributed by atoms with van der Waals surface area (Å²) in [6.07, 6.45) is 2.45. The molecule has 0 radical (unpaired) electrons. The average Bonchev–Trinajstić information content (AvgIpc) is 2.69. The van der Waals surface area contributed by atoms with Gasteiger partial charge in [0, 0.05) is 15.2 Å². The Kier molecular flexibility index (Phi) is 1.94. The summed E-state index contributed by atoms with van der Waals surface area (Å²) in [5.41, 5.74) is 0.285. The van der Waals surface area contributed by atoms with Crippen molar-refractivity contribution in [2.24, 2.45) is 5.90 Å². The monoisotopic (exact) mass is 183 g/mol. The zero-order valence-corrected chi connectivity index (χ0v) is 7.99. The summed E-state index contributed by atoms with van der Waals surface area (Å²) in [5, 5.41) is 0. The van der Waals surface area contributed by atoms with Crippen molar-refractivity contribution in [3.63, 3.8) is 0 Å². The zero-order chi connectivity index (χ0) is 8.60. The van der Waals surface area contributed by atoms with Crippen molar-refractivity contribution in [1.29, 1.82) is 0 Å². The van der Waals surface area contributed by atoms with Gasteiger partial charge in [0.05, 0.1) is 6.61 Å². The molecular weight excluding hydrogens is 170 g/mol. The second kappa shape index (κ2) is 2.83. The van der Waals surface area contributed by atoms with Gasteiger partial charge in [0.2, 0.25) is 0 Å². The molecule has 1 aromatic heterocycles. The predicted octanol–water partition coefficient (Wildman–Crippen LogP) is 1.98. The fourth-order valence-electron chi connectivity index (χ4n) is 1.49. The Morgan fingerprint density at radius 2 is 2.33 bits per heavy atom. The van der Waals surface area contributed by atoms with Crippen molar-refractivity contribution in [3.05, 3.63) is 21.9 Å². The third-order valence-corrected chi connectivity index (χ3v) is 3.72. The lowest BCUT2D eigenvalue weighted by Crippen LogP contribution is -2.16. The van der Waals surface area contributed by atoms with Crippen molar-refractivity contribution in [3.8, 4) is 0 Å². The largest absolute Gasteiger partial charge is 0.304 e. The maximum atomic E-state index is 5.10. The summed E-state index contributed by atoms with van der Waals surface area (Å²) in [5.74, 6) is 5.10. The molecule has 0 aromatic carbocycles. The smallest absolute Gasteiger partial charge is 0.0783 e. The lowest BCUT2D eigenvalue weighted by atomic mass is 10.1. The molecule has 12 heavy (non-hydrogen) atoms. The normalized spacial score (nSPS) is 19.5. The van der Waals surface area contributed by atoms with Crippen molar-refractivity contribution in [2.45, 2.75) is 25.2 Å². The highest BCUT2D eigenvalue weighted by atomic mass is 32.1. The van der Waals surface area contributed by atoms with Gasteiger partial charge >= 0.3 is 0 Å². The molecule has 0 atom stereocenters. The maximum absolute atomic E-state index is 5.10. The van der Waals surface area contributed by atoms with Crippen LogP contribution in [0.5, 0.6) is 0 Å². The molecule has 0 spiro atoms. The van der Waals surface area contributed by atoms with E-state index in [1.807, 2.05) is 11.3 Å². The second-order valence-electron chi connectivity index (χ2n) is 3.50. The number of nitrogens with two attached hydrogens (primary N) is 1. The number of hydrogen-bond acceptors (Lipinski definition) is 3. The molecule has 0 unspecified atom stereocenters. The third kappa shape index (κ3) is 1.28. The van der Waals surface area contributed by atoms with Gasteiger partial charge in [-0.15, -0.1) is 11.3 Å². The minimum absolute atomic E-state index is 0.285. The minimum atomic E-state index is 0.285. The Morgan fingerprint density at radius 3 is 2.75 bits per heavy atom. The minimum Gasteiger partial charge on any atom is -0.304 e. The van der Waals surface area contributed by atoms with Gasteiger partial charge in [-0.25, -0.2) is 5.90 Å². The highest BCUT2D eigenvalue weighted by Gasteiger charge is 2.45. The molecule has 1 saturated carbocycles. The van der Waals surface area contributed by atoms with Crippen LogP contribution in [-0.4, -0.2) is 6.61 Å². The van der Waals surface area contributed by atoms with Crippen LogP contribution in [0.25, 0.3) is 0 Å². The van der Waals surface area contributed by atoms with Crippen LogP contribution in [0.1, 0.15) is 22.6 Å². The summed E-state index contributed by atoms with van der Waals surface area (Å²) < 4.78 is 0. The van der Waals surface area contributed by atoms with Crippen molar-refractivity contribution in [1.82, 2.24) is 0 Å². The summed E-state index contributed by atoms with van der Waals surface area (Å²) in [7, 11) is 0. The van der Waals surface area contributed by atoms with Crippen molar-refractivity contribution >= 4 is 11.3 Å². The van der Waals surface area contributed by atoms with Crippen molar-refractivity contribution < 1.29 is 4.84 Å². The van der Waals surface area contributed by atoms with E-state index in [4.69, 9.17) is 10.7 Å². The second-order valence-corrected chi connectivity index (χ2v) is 4.79. The number of thiophene rings is 1. The maximum Gasteiger partial charge on any atom is 0.0783 e. The molecule has 0 saturated heterocycles. The summed E-state index contributed by atoms with van der Waals surface area (Å²) in [4.78, 5) is 7.54. The molecule has 3 heteroatoms. The average molecular weight is 183 g/mol. The quantitative estimate of drug-likeness (QED) is 0.727. The van der Waals surface area contributed by atoms with Crippen LogP contribution >= 0.6 is 11.3 Å². The molecular formula is C9H13NOS. The van der Waals surface area contributed by atoms with E-state index in [2.05, 4.69) is 19.1 Å². The standard InChI is InChI=1S/C9H13NOS/c1-7-2-3-8(12-7)9(4-5-9)6-11-10/h2-3H,4-6,10H2,1H3. The van der Waals surface area contributed by atoms with Crippen LogP contribution in [0.4, 0.5) is 0 Å². The van der Waals surface area contributed by atoms with Gasteiger partial charge in [0.25, 0.3) is 0 Å². The van der Waals surface area contributed by atoms with E-state index >= 15 is 0 Å². The fourth-order valence-corrected chi connectivity index (χ4v) is 2.59. The van der Waals surface area contributed by atoms with E-state index in [0.29, 0.717) is 6.61 Å². The highest BCUT2D eigenvalue weighted by molar-refractivity contribution is 7.12. The predicted molar refractivity (Wildman–Crippen MR) is 50.1 cm³/mol. The van der Waals surface area contributed by atoms with Crippen LogP contribution in [-0.2, 0) is 10.3 Å². The fraction of sp³-hybridized carbons (Fsp3) is 0.556. The summed E-state index contributed by atoms with van der Waals surface area (Å²) in [6, 6.07) is 4.36. The van der Waals surface area contributed by atoms with E-state index < -0.39 is 0 Å². The molecule has 0 amide bonds. The number of aryl methyl sites for hydroxylation is 1. The van der Waals surface area contributed by atoms with Crippen molar-refractivity contribution in [2.75, 3.05) is 6.61 Å². The van der Waals surface area contributed by atoms with Crippen LogP contribution < -0.4 is 5.90 Å². The van der Waals surface area contributed by atoms with E-state index in [9.17, 15) is 0 Å².